The highest BCUT2D eigenvalue weighted by Crippen LogP contribution is 2.17. The number of benzene rings is 1. The normalized spacial score (nSPS) is 19.7. The molecule has 4 nitrogen and oxygen atoms in total. The third-order valence-electron chi connectivity index (χ3n) is 2.60. The maximum Gasteiger partial charge on any atom is 0.120 e. The minimum absolute atomic E-state index is 0.171. The topological polar surface area (TPSA) is 39.7 Å². The second-order valence-electron chi connectivity index (χ2n) is 4.08. The molecule has 2 rings (SSSR count). The van der Waals surface area contributed by atoms with Crippen LogP contribution in [0.5, 0.6) is 5.75 Å². The lowest BCUT2D eigenvalue weighted by atomic mass is 10.3. The average Bonchev–Trinajstić information content (AvgIpc) is 2.40. The van der Waals surface area contributed by atoms with E-state index in [1.165, 1.54) is 0 Å². The summed E-state index contributed by atoms with van der Waals surface area (Å²) in [5, 5.41) is 3.30. The summed E-state index contributed by atoms with van der Waals surface area (Å²) in [4.78, 5) is 0. The minimum atomic E-state index is 0.171. The van der Waals surface area contributed by atoms with E-state index >= 15 is 0 Å². The molecule has 0 amide bonds. The van der Waals surface area contributed by atoms with Crippen molar-refractivity contribution < 1.29 is 14.2 Å². The first-order valence-electron chi connectivity index (χ1n) is 6.13. The van der Waals surface area contributed by atoms with Crippen LogP contribution >= 0.6 is 15.9 Å². The van der Waals surface area contributed by atoms with Gasteiger partial charge in [0.15, 0.2) is 0 Å². The lowest BCUT2D eigenvalue weighted by Gasteiger charge is -2.23. The summed E-state index contributed by atoms with van der Waals surface area (Å²) in [7, 11) is 0. The zero-order chi connectivity index (χ0) is 12.6. The van der Waals surface area contributed by atoms with E-state index in [2.05, 4.69) is 21.2 Å². The molecule has 1 aromatic carbocycles. The molecule has 0 radical (unpaired) electrons. The molecule has 1 fully saturated rings. The van der Waals surface area contributed by atoms with E-state index < -0.39 is 0 Å². The van der Waals surface area contributed by atoms with Crippen LogP contribution in [-0.4, -0.2) is 45.6 Å². The van der Waals surface area contributed by atoms with Gasteiger partial charge < -0.3 is 19.5 Å². The number of hydrogen-bond acceptors (Lipinski definition) is 4. The van der Waals surface area contributed by atoms with Gasteiger partial charge in [-0.2, -0.15) is 0 Å². The summed E-state index contributed by atoms with van der Waals surface area (Å²) in [5.41, 5.74) is 0. The molecule has 100 valence electrons. The Kier molecular flexibility index (Phi) is 5.93. The quantitative estimate of drug-likeness (QED) is 0.813. The highest BCUT2D eigenvalue weighted by atomic mass is 79.9. The van der Waals surface area contributed by atoms with Gasteiger partial charge in [0.1, 0.15) is 12.4 Å². The Balaban J connectivity index is 1.55. The van der Waals surface area contributed by atoms with Gasteiger partial charge >= 0.3 is 0 Å². The van der Waals surface area contributed by atoms with Gasteiger partial charge in [-0.25, -0.2) is 0 Å². The molecule has 18 heavy (non-hydrogen) atoms. The molecule has 0 spiro atoms. The van der Waals surface area contributed by atoms with E-state index in [0.29, 0.717) is 26.4 Å². The lowest BCUT2D eigenvalue weighted by Crippen LogP contribution is -2.38. The van der Waals surface area contributed by atoms with Crippen LogP contribution in [0, 0.1) is 0 Å². The first-order valence-corrected chi connectivity index (χ1v) is 6.92. The van der Waals surface area contributed by atoms with Crippen molar-refractivity contribution in [2.45, 2.75) is 6.10 Å². The van der Waals surface area contributed by atoms with Crippen LogP contribution in [0.2, 0.25) is 0 Å². The van der Waals surface area contributed by atoms with Crippen LogP contribution in [0.25, 0.3) is 0 Å². The summed E-state index contributed by atoms with van der Waals surface area (Å²) in [6.45, 7) is 4.33. The highest BCUT2D eigenvalue weighted by Gasteiger charge is 2.12. The number of hydrogen-bond donors (Lipinski definition) is 1. The molecular weight excluding hydrogens is 298 g/mol. The first kappa shape index (κ1) is 13.8. The number of halogens is 1. The number of rotatable bonds is 6. The van der Waals surface area contributed by atoms with Crippen LogP contribution in [0.3, 0.4) is 0 Å². The van der Waals surface area contributed by atoms with E-state index in [1.807, 2.05) is 24.3 Å². The van der Waals surface area contributed by atoms with Crippen molar-refractivity contribution >= 4 is 15.9 Å². The zero-order valence-corrected chi connectivity index (χ0v) is 11.8. The van der Waals surface area contributed by atoms with Crippen molar-refractivity contribution in [3.63, 3.8) is 0 Å². The predicted molar refractivity (Wildman–Crippen MR) is 73.1 cm³/mol. The van der Waals surface area contributed by atoms with Gasteiger partial charge in [0.05, 0.1) is 25.9 Å². The Morgan fingerprint density at radius 3 is 3.11 bits per heavy atom. The average molecular weight is 316 g/mol. The molecule has 0 aliphatic carbocycles. The molecule has 1 atom stereocenters. The Hall–Kier alpha value is -0.620. The molecule has 1 unspecified atom stereocenters. The molecule has 1 aliphatic rings. The molecule has 1 aromatic rings. The van der Waals surface area contributed by atoms with Crippen molar-refractivity contribution in [2.24, 2.45) is 0 Å². The Bertz CT molecular complexity index is 356. The maximum absolute atomic E-state index is 5.61. The summed E-state index contributed by atoms with van der Waals surface area (Å²) in [6.07, 6.45) is 0.171. The maximum atomic E-state index is 5.61. The van der Waals surface area contributed by atoms with Crippen LogP contribution in [-0.2, 0) is 9.47 Å². The second kappa shape index (κ2) is 7.74. The molecule has 0 saturated carbocycles. The molecule has 1 heterocycles. The van der Waals surface area contributed by atoms with Crippen LogP contribution in [0.15, 0.2) is 28.7 Å². The SMILES string of the molecule is Brc1cccc(OCCNCC2COCCO2)c1. The second-order valence-corrected chi connectivity index (χ2v) is 4.99. The standard InChI is InChI=1S/C13H18BrNO3/c14-11-2-1-3-12(8-11)17-5-4-15-9-13-10-16-6-7-18-13/h1-3,8,13,15H,4-7,9-10H2. The van der Waals surface area contributed by atoms with Gasteiger partial charge in [-0.1, -0.05) is 22.0 Å². The fourth-order valence-electron chi connectivity index (χ4n) is 1.72. The van der Waals surface area contributed by atoms with Gasteiger partial charge in [0, 0.05) is 17.6 Å². The monoisotopic (exact) mass is 315 g/mol. The lowest BCUT2D eigenvalue weighted by molar-refractivity contribution is -0.0864. The van der Waals surface area contributed by atoms with Crippen molar-refractivity contribution in [2.75, 3.05) is 39.5 Å². The van der Waals surface area contributed by atoms with Crippen LogP contribution in [0.4, 0.5) is 0 Å². The largest absolute Gasteiger partial charge is 0.492 e. The summed E-state index contributed by atoms with van der Waals surface area (Å²) >= 11 is 3.41. The fourth-order valence-corrected chi connectivity index (χ4v) is 2.09. The Labute approximate surface area is 116 Å². The Morgan fingerprint density at radius 2 is 2.33 bits per heavy atom. The molecule has 1 N–H and O–H groups in total. The predicted octanol–water partition coefficient (Wildman–Crippen LogP) is 1.83. The highest BCUT2D eigenvalue weighted by molar-refractivity contribution is 9.10. The van der Waals surface area contributed by atoms with E-state index in [-0.39, 0.29) is 6.10 Å². The number of nitrogens with one attached hydrogen (secondary N) is 1. The van der Waals surface area contributed by atoms with E-state index in [1.54, 1.807) is 0 Å². The summed E-state index contributed by atoms with van der Waals surface area (Å²) in [6, 6.07) is 7.84. The molecule has 5 heteroatoms. The smallest absolute Gasteiger partial charge is 0.120 e. The van der Waals surface area contributed by atoms with Gasteiger partial charge in [0.2, 0.25) is 0 Å². The third-order valence-corrected chi connectivity index (χ3v) is 3.09. The minimum Gasteiger partial charge on any atom is -0.492 e. The molecular formula is C13H18BrNO3. The van der Waals surface area contributed by atoms with Crippen LogP contribution < -0.4 is 10.1 Å². The Morgan fingerprint density at radius 1 is 1.39 bits per heavy atom. The molecule has 1 saturated heterocycles. The third kappa shape index (κ3) is 4.94. The van der Waals surface area contributed by atoms with E-state index in [0.717, 1.165) is 23.3 Å². The van der Waals surface area contributed by atoms with Crippen molar-refractivity contribution in [3.8, 4) is 5.75 Å². The zero-order valence-electron chi connectivity index (χ0n) is 10.2. The van der Waals surface area contributed by atoms with Crippen LogP contribution in [0.1, 0.15) is 0 Å². The molecule has 0 aromatic heterocycles. The van der Waals surface area contributed by atoms with E-state index in [4.69, 9.17) is 14.2 Å². The summed E-state index contributed by atoms with van der Waals surface area (Å²) < 4.78 is 17.5. The van der Waals surface area contributed by atoms with Crippen molar-refractivity contribution in [1.82, 2.24) is 5.32 Å². The first-order chi connectivity index (χ1) is 8.84. The van der Waals surface area contributed by atoms with Gasteiger partial charge in [-0.15, -0.1) is 0 Å². The number of ether oxygens (including phenoxy) is 3. The van der Waals surface area contributed by atoms with Crippen molar-refractivity contribution in [3.05, 3.63) is 28.7 Å². The van der Waals surface area contributed by atoms with Crippen molar-refractivity contribution in [1.29, 1.82) is 0 Å². The fraction of sp³-hybridized carbons (Fsp3) is 0.538. The summed E-state index contributed by atoms with van der Waals surface area (Å²) in [5.74, 6) is 0.878. The van der Waals surface area contributed by atoms with Gasteiger partial charge in [0.25, 0.3) is 0 Å². The van der Waals surface area contributed by atoms with E-state index in [9.17, 15) is 0 Å². The van der Waals surface area contributed by atoms with Gasteiger partial charge in [-0.05, 0) is 18.2 Å². The molecule has 1 aliphatic heterocycles. The molecule has 0 bridgehead atoms. The van der Waals surface area contributed by atoms with Gasteiger partial charge in [-0.3, -0.25) is 0 Å².